The molecule has 450 valence electrons. The Morgan fingerprint density at radius 1 is 0.964 bits per heavy atom. The monoisotopic (exact) mass is 1260 g/mol. The van der Waals surface area contributed by atoms with Crippen molar-refractivity contribution in [3.63, 3.8) is 0 Å². The summed E-state index contributed by atoms with van der Waals surface area (Å²) in [6, 6.07) is 4.22. The molecule has 1 saturated carbocycles. The van der Waals surface area contributed by atoms with Gasteiger partial charge in [-0.1, -0.05) is 23.6 Å². The molecule has 3 heterocycles. The highest BCUT2D eigenvalue weighted by Gasteiger charge is 2.68. The zero-order chi connectivity index (χ0) is 61.9. The number of sulfonamides is 1. The van der Waals surface area contributed by atoms with E-state index in [4.69, 9.17) is 21.4 Å². The Balaban J connectivity index is 1.40. The molecular formula is C47H44ClF10N8O14PS2. The standard InChI is InChI=1S/C47H44ClF10N8O14PS2/c1-44(2,82(3,75)76)12-11-26-7-8-27(38(59-26)32(16-23-14-24(49)17-25(50)15-23)60-33(67)19-64-41-36(40(61-64)47(56,57)58)29-18-30(29)46(41,54)55)28-9-10-31(48)37-39(28)65(21-45(51,52)53)62-42(37)66(83(4,77)78)34(68)6-5-13-63(20-35(69)70)43(71)79-22-80-81(72,73)74/h7-10,14-15,17,29-30,32H,5-6,13,16,18-22H2,1-4H3,(H,60,67)(H,69,70)(H2,72,73,74)/t29?,30?,32-/m0/s1. The predicted molar refractivity (Wildman–Crippen MR) is 268 cm³/mol. The number of hydrogen-bond donors (Lipinski definition) is 4. The first-order valence-electron chi connectivity index (χ1n) is 23.7. The summed E-state index contributed by atoms with van der Waals surface area (Å²) in [5.74, 6) is -9.74. The highest BCUT2D eigenvalue weighted by Crippen LogP contribution is 2.68. The Morgan fingerprint density at radius 3 is 2.18 bits per heavy atom. The Morgan fingerprint density at radius 2 is 1.60 bits per heavy atom. The number of fused-ring (bicyclic) bond motifs is 4. The van der Waals surface area contributed by atoms with Gasteiger partial charge in [0.25, 0.3) is 5.92 Å². The van der Waals surface area contributed by atoms with Crippen LogP contribution < -0.4 is 9.62 Å². The number of carbonyl (C=O) groups is 4. The number of nitrogens with zero attached hydrogens (tertiary/aromatic N) is 7. The number of phosphoric acid groups is 1. The number of anilines is 1. The van der Waals surface area contributed by atoms with Crippen LogP contribution in [0.2, 0.25) is 5.02 Å². The van der Waals surface area contributed by atoms with Gasteiger partial charge >= 0.3 is 32.2 Å². The molecular weight excluding hydrogens is 1220 g/mol. The van der Waals surface area contributed by atoms with Crippen LogP contribution >= 0.6 is 19.4 Å². The Kier molecular flexibility index (Phi) is 17.6. The van der Waals surface area contributed by atoms with Crippen LogP contribution in [-0.2, 0) is 79.7 Å². The molecule has 3 amide bonds. The highest BCUT2D eigenvalue weighted by atomic mass is 35.5. The van der Waals surface area contributed by atoms with E-state index in [0.717, 1.165) is 42.7 Å². The summed E-state index contributed by atoms with van der Waals surface area (Å²) in [6.07, 6.45) is -13.5. The number of ether oxygens (including phenoxy) is 1. The summed E-state index contributed by atoms with van der Waals surface area (Å²) in [7, 11) is -14.2. The zero-order valence-corrected chi connectivity index (χ0v) is 46.3. The molecule has 5 aromatic rings. The zero-order valence-electron chi connectivity index (χ0n) is 43.0. The lowest BCUT2D eigenvalue weighted by molar-refractivity contribution is -0.143. The minimum absolute atomic E-state index is 0.0717. The predicted octanol–water partition coefficient (Wildman–Crippen LogP) is 6.95. The molecule has 0 radical (unpaired) electrons. The van der Waals surface area contributed by atoms with Crippen LogP contribution in [0.3, 0.4) is 0 Å². The molecule has 0 saturated heterocycles. The number of pyridine rings is 1. The van der Waals surface area contributed by atoms with Crippen molar-refractivity contribution in [2.24, 2.45) is 5.92 Å². The van der Waals surface area contributed by atoms with Crippen molar-refractivity contribution >= 4 is 79.9 Å². The van der Waals surface area contributed by atoms with E-state index in [1.165, 1.54) is 13.8 Å². The fourth-order valence-corrected chi connectivity index (χ4v) is 10.6. The number of amides is 3. The third kappa shape index (κ3) is 14.5. The lowest BCUT2D eigenvalue weighted by Crippen LogP contribution is -2.39. The average molecular weight is 1270 g/mol. The minimum atomic E-state index is -5.27. The smallest absolute Gasteiger partial charge is 0.472 e. The van der Waals surface area contributed by atoms with Crippen LogP contribution in [0.1, 0.15) is 79.0 Å². The summed E-state index contributed by atoms with van der Waals surface area (Å²) in [4.78, 5) is 75.1. The van der Waals surface area contributed by atoms with Crippen LogP contribution in [0.25, 0.3) is 22.0 Å². The maximum absolute atomic E-state index is 15.7. The van der Waals surface area contributed by atoms with E-state index >= 15 is 8.78 Å². The first-order chi connectivity index (χ1) is 38.1. The van der Waals surface area contributed by atoms with Crippen molar-refractivity contribution in [2.75, 3.05) is 36.7 Å². The molecule has 83 heavy (non-hydrogen) atoms. The number of aliphatic carboxylic acids is 1. The summed E-state index contributed by atoms with van der Waals surface area (Å²) < 4.78 is 219. The van der Waals surface area contributed by atoms with Gasteiger partial charge < -0.3 is 24.9 Å². The summed E-state index contributed by atoms with van der Waals surface area (Å²) >= 11 is 6.65. The fraction of sp³-hybridized carbons (Fsp3) is 0.426. The maximum Gasteiger partial charge on any atom is 0.472 e. The second-order valence-electron chi connectivity index (χ2n) is 19.5. The van der Waals surface area contributed by atoms with E-state index in [1.54, 1.807) is 0 Å². The Labute approximate surface area is 467 Å². The molecule has 7 rings (SSSR count). The van der Waals surface area contributed by atoms with E-state index in [1.807, 2.05) is 0 Å². The number of benzene rings is 2. The summed E-state index contributed by atoms with van der Waals surface area (Å²) in [6.45, 7) is -4.38. The normalized spacial score (nSPS) is 16.3. The molecule has 22 nitrogen and oxygen atoms in total. The number of phosphoric ester groups is 1. The van der Waals surface area contributed by atoms with Crippen LogP contribution in [0.4, 0.5) is 54.5 Å². The van der Waals surface area contributed by atoms with Gasteiger partial charge in [0, 0.05) is 47.9 Å². The van der Waals surface area contributed by atoms with Gasteiger partial charge in [-0.15, -0.1) is 0 Å². The number of halogens is 11. The third-order valence-corrected chi connectivity index (χ3v) is 16.6. The molecule has 4 N–H and O–H groups in total. The first kappa shape index (κ1) is 63.7. The van der Waals surface area contributed by atoms with Crippen LogP contribution in [0, 0.1) is 29.4 Å². The van der Waals surface area contributed by atoms with Gasteiger partial charge in [0.05, 0.1) is 33.9 Å². The third-order valence-electron chi connectivity index (χ3n) is 12.9. The number of carbonyl (C=O) groups excluding carboxylic acids is 3. The first-order valence-corrected chi connectivity index (χ1v) is 29.4. The van der Waals surface area contributed by atoms with Gasteiger partial charge in [-0.2, -0.15) is 49.6 Å². The second-order valence-corrected chi connectivity index (χ2v) is 25.5. The van der Waals surface area contributed by atoms with Crippen molar-refractivity contribution in [1.29, 1.82) is 0 Å². The molecule has 36 heteroatoms. The SMILES string of the molecule is CC(C)(C#Cc1ccc(-c2ccc(Cl)c3c(N(C(=O)CCCN(CC(=O)O)C(=O)OCOP(=O)(O)O)S(C)(=O)=O)nn(CC(F)(F)F)c23)c([C@H](Cc2cc(F)cc(F)c2)NC(=O)Cn2nc(C(F)(F)F)c3c2C(F)(F)C2CC32)n1)S(C)(=O)=O. The van der Waals surface area contributed by atoms with Crippen molar-refractivity contribution in [3.05, 3.63) is 93.0 Å². The molecule has 3 aromatic heterocycles. The van der Waals surface area contributed by atoms with Crippen molar-refractivity contribution < 1.29 is 109 Å². The minimum Gasteiger partial charge on any atom is -0.480 e. The lowest BCUT2D eigenvalue weighted by Gasteiger charge is -2.23. The topological polar surface area (TPSA) is 300 Å². The van der Waals surface area contributed by atoms with Crippen LogP contribution in [-0.4, -0.2) is 128 Å². The van der Waals surface area contributed by atoms with E-state index in [-0.39, 0.29) is 31.3 Å². The fourth-order valence-electron chi connectivity index (χ4n) is 9.02. The van der Waals surface area contributed by atoms with Gasteiger partial charge in [-0.25, -0.2) is 44.5 Å². The molecule has 0 aliphatic heterocycles. The molecule has 1 fully saturated rings. The summed E-state index contributed by atoms with van der Waals surface area (Å²) in [5, 5.41) is 17.7. The van der Waals surface area contributed by atoms with E-state index < -0.39 is 212 Å². The van der Waals surface area contributed by atoms with Crippen molar-refractivity contribution in [2.45, 2.75) is 87.6 Å². The molecule has 0 spiro atoms. The molecule has 2 aliphatic carbocycles. The number of nitrogens with one attached hydrogen (secondary N) is 1. The Bertz CT molecular complexity index is 3790. The van der Waals surface area contributed by atoms with Crippen LogP contribution in [0.15, 0.2) is 42.5 Å². The quantitative estimate of drug-likeness (QED) is 0.0265. The lowest BCUT2D eigenvalue weighted by atomic mass is 9.93. The number of aromatic nitrogens is 5. The molecule has 2 unspecified atom stereocenters. The molecule has 0 bridgehead atoms. The average Bonchev–Trinajstić information content (AvgIpc) is 1.54. The molecule has 2 aliphatic rings. The number of alkyl halides is 8. The molecule has 3 atom stereocenters. The van der Waals surface area contributed by atoms with Gasteiger partial charge in [-0.05, 0) is 80.8 Å². The number of carboxylic acids is 1. The van der Waals surface area contributed by atoms with E-state index in [2.05, 4.69) is 41.6 Å². The Hall–Kier alpha value is -6.89. The second kappa shape index (κ2) is 22.9. The number of hydrogen-bond acceptors (Lipinski definition) is 14. The maximum atomic E-state index is 15.7. The largest absolute Gasteiger partial charge is 0.480 e. The van der Waals surface area contributed by atoms with Gasteiger partial charge in [0.1, 0.15) is 47.4 Å². The van der Waals surface area contributed by atoms with E-state index in [9.17, 15) is 80.8 Å². The number of sulfone groups is 1. The summed E-state index contributed by atoms with van der Waals surface area (Å²) in [5.41, 5.74) is -6.60. The highest BCUT2D eigenvalue weighted by molar-refractivity contribution is 7.93. The number of rotatable bonds is 20. The van der Waals surface area contributed by atoms with Gasteiger partial charge in [-0.3, -0.25) is 28.6 Å². The van der Waals surface area contributed by atoms with Crippen molar-refractivity contribution in [1.82, 2.24) is 34.8 Å². The van der Waals surface area contributed by atoms with Gasteiger partial charge in [0.2, 0.25) is 28.6 Å². The van der Waals surface area contributed by atoms with Crippen LogP contribution in [0.5, 0.6) is 0 Å². The number of carboxylic acid groups (broad SMARTS) is 1. The molecule has 2 aromatic carbocycles. The van der Waals surface area contributed by atoms with Gasteiger partial charge in [0.15, 0.2) is 21.3 Å². The van der Waals surface area contributed by atoms with Crippen molar-refractivity contribution in [3.8, 4) is 23.0 Å². The van der Waals surface area contributed by atoms with E-state index in [0.29, 0.717) is 17.2 Å².